The molecule has 0 aromatic rings. The molecule has 0 aliphatic rings. The maximum atomic E-state index is 10.9. The van der Waals surface area contributed by atoms with Crippen molar-refractivity contribution in [3.8, 4) is 0 Å². The molecule has 0 bridgehead atoms. The summed E-state index contributed by atoms with van der Waals surface area (Å²) >= 11 is 0. The number of nitrogens with two attached hydrogens (primary N) is 1. The molecule has 1 amide bonds. The summed E-state index contributed by atoms with van der Waals surface area (Å²) in [5, 5.41) is 3.50. The van der Waals surface area contributed by atoms with E-state index in [4.69, 9.17) is 5.73 Å². The number of carbonyl (C=O) groups is 1. The summed E-state index contributed by atoms with van der Waals surface area (Å²) in [4.78, 5) is 10.9. The van der Waals surface area contributed by atoms with Crippen LogP contribution >= 0.6 is 0 Å². The van der Waals surface area contributed by atoms with Crippen LogP contribution in [0.3, 0.4) is 0 Å². The molecule has 15 heavy (non-hydrogen) atoms. The predicted octanol–water partition coefficient (Wildman–Crippen LogP) is 2.05. The van der Waals surface area contributed by atoms with Crippen LogP contribution in [0.5, 0.6) is 0 Å². The molecular weight excluding hydrogens is 188 g/mol. The summed E-state index contributed by atoms with van der Waals surface area (Å²) in [6.07, 6.45) is 1.37. The Kier molecular flexibility index (Phi) is 4.78. The van der Waals surface area contributed by atoms with E-state index in [1.807, 2.05) is 0 Å². The van der Waals surface area contributed by atoms with Crippen molar-refractivity contribution in [1.82, 2.24) is 5.32 Å². The number of primary amides is 1. The SMILES string of the molecule is CC(C)NC(C)(C)CC(C)(C)CC(N)=O. The van der Waals surface area contributed by atoms with Crippen LogP contribution < -0.4 is 11.1 Å². The van der Waals surface area contributed by atoms with Crippen molar-refractivity contribution in [2.75, 3.05) is 0 Å². The fourth-order valence-corrected chi connectivity index (χ4v) is 2.56. The molecule has 3 heteroatoms. The Hall–Kier alpha value is -0.570. The first kappa shape index (κ1) is 14.4. The highest BCUT2D eigenvalue weighted by atomic mass is 16.1. The number of carbonyl (C=O) groups excluding carboxylic acids is 1. The molecule has 0 unspecified atom stereocenters. The minimum atomic E-state index is -0.222. The van der Waals surface area contributed by atoms with Crippen molar-refractivity contribution >= 4 is 5.91 Å². The van der Waals surface area contributed by atoms with Crippen molar-refractivity contribution in [3.63, 3.8) is 0 Å². The molecule has 90 valence electrons. The van der Waals surface area contributed by atoms with E-state index in [2.05, 4.69) is 46.9 Å². The summed E-state index contributed by atoms with van der Waals surface area (Å²) < 4.78 is 0. The third-order valence-electron chi connectivity index (χ3n) is 2.25. The molecule has 0 heterocycles. The lowest BCUT2D eigenvalue weighted by atomic mass is 9.77. The zero-order valence-corrected chi connectivity index (χ0v) is 11.0. The maximum absolute atomic E-state index is 10.9. The van der Waals surface area contributed by atoms with Gasteiger partial charge in [0, 0.05) is 18.0 Å². The zero-order valence-electron chi connectivity index (χ0n) is 11.0. The van der Waals surface area contributed by atoms with Crippen molar-refractivity contribution < 1.29 is 4.79 Å². The average Bonchev–Trinajstić information content (AvgIpc) is 1.73. The summed E-state index contributed by atoms with van der Waals surface area (Å²) in [6.45, 7) is 12.8. The van der Waals surface area contributed by atoms with Crippen molar-refractivity contribution in [3.05, 3.63) is 0 Å². The third kappa shape index (κ3) is 7.37. The fraction of sp³-hybridized carbons (Fsp3) is 0.917. The highest BCUT2D eigenvalue weighted by molar-refractivity contribution is 5.74. The standard InChI is InChI=1S/C12H26N2O/c1-9(2)14-12(5,6)8-11(3,4)7-10(13)15/h9,14H,7-8H2,1-6H3,(H2,13,15). The number of hydrogen-bond acceptors (Lipinski definition) is 2. The van der Waals surface area contributed by atoms with Gasteiger partial charge in [0.2, 0.25) is 5.91 Å². The zero-order chi connectivity index (χ0) is 12.3. The number of rotatable bonds is 6. The van der Waals surface area contributed by atoms with Crippen molar-refractivity contribution in [1.29, 1.82) is 0 Å². The molecule has 3 N–H and O–H groups in total. The van der Waals surface area contributed by atoms with Gasteiger partial charge < -0.3 is 11.1 Å². The highest BCUT2D eigenvalue weighted by Gasteiger charge is 2.30. The van der Waals surface area contributed by atoms with Crippen LogP contribution in [0.25, 0.3) is 0 Å². The Bertz CT molecular complexity index is 220. The van der Waals surface area contributed by atoms with Gasteiger partial charge in [0.1, 0.15) is 0 Å². The molecule has 0 aromatic heterocycles. The van der Waals surface area contributed by atoms with Gasteiger partial charge >= 0.3 is 0 Å². The quantitative estimate of drug-likeness (QED) is 0.711. The summed E-state index contributed by atoms with van der Waals surface area (Å²) in [5.74, 6) is -0.222. The second-order valence-electron chi connectivity index (χ2n) is 6.17. The van der Waals surface area contributed by atoms with E-state index in [-0.39, 0.29) is 16.9 Å². The van der Waals surface area contributed by atoms with Crippen LogP contribution in [-0.2, 0) is 4.79 Å². The van der Waals surface area contributed by atoms with E-state index in [1.165, 1.54) is 0 Å². The first-order valence-electron chi connectivity index (χ1n) is 5.60. The normalized spacial score (nSPS) is 13.3. The van der Waals surface area contributed by atoms with Gasteiger partial charge in [-0.05, 0) is 25.7 Å². The Morgan fingerprint density at radius 2 is 1.73 bits per heavy atom. The smallest absolute Gasteiger partial charge is 0.217 e. The van der Waals surface area contributed by atoms with Gasteiger partial charge in [-0.2, -0.15) is 0 Å². The minimum absolute atomic E-state index is 0.0348. The topological polar surface area (TPSA) is 55.1 Å². The van der Waals surface area contributed by atoms with Crippen LogP contribution in [-0.4, -0.2) is 17.5 Å². The molecule has 0 rings (SSSR count). The highest BCUT2D eigenvalue weighted by Crippen LogP contribution is 2.31. The van der Waals surface area contributed by atoms with Gasteiger partial charge in [-0.3, -0.25) is 4.79 Å². The summed E-state index contributed by atoms with van der Waals surface area (Å²) in [6, 6.07) is 0.448. The van der Waals surface area contributed by atoms with Crippen LogP contribution in [0.15, 0.2) is 0 Å². The van der Waals surface area contributed by atoms with Gasteiger partial charge in [0.25, 0.3) is 0 Å². The monoisotopic (exact) mass is 214 g/mol. The maximum Gasteiger partial charge on any atom is 0.217 e. The predicted molar refractivity (Wildman–Crippen MR) is 64.6 cm³/mol. The second-order valence-corrected chi connectivity index (χ2v) is 6.17. The third-order valence-corrected chi connectivity index (χ3v) is 2.25. The van der Waals surface area contributed by atoms with Crippen molar-refractivity contribution in [2.45, 2.75) is 66.0 Å². The lowest BCUT2D eigenvalue weighted by Crippen LogP contribution is -2.46. The largest absolute Gasteiger partial charge is 0.370 e. The van der Waals surface area contributed by atoms with Crippen LogP contribution in [0.2, 0.25) is 0 Å². The molecule has 3 nitrogen and oxygen atoms in total. The number of amides is 1. The molecule has 0 fully saturated rings. The van der Waals surface area contributed by atoms with E-state index < -0.39 is 0 Å². The summed E-state index contributed by atoms with van der Waals surface area (Å²) in [7, 11) is 0. The van der Waals surface area contributed by atoms with Gasteiger partial charge in [-0.25, -0.2) is 0 Å². The average molecular weight is 214 g/mol. The number of hydrogen-bond donors (Lipinski definition) is 2. The number of nitrogens with one attached hydrogen (secondary N) is 1. The van der Waals surface area contributed by atoms with Gasteiger partial charge in [-0.15, -0.1) is 0 Å². The van der Waals surface area contributed by atoms with E-state index in [9.17, 15) is 4.79 Å². The summed E-state index contributed by atoms with van der Waals surface area (Å²) in [5.41, 5.74) is 5.23. The van der Waals surface area contributed by atoms with E-state index in [1.54, 1.807) is 0 Å². The van der Waals surface area contributed by atoms with E-state index in [0.717, 1.165) is 6.42 Å². The molecule has 0 aliphatic carbocycles. The Balaban J connectivity index is 4.35. The minimum Gasteiger partial charge on any atom is -0.370 e. The van der Waals surface area contributed by atoms with E-state index >= 15 is 0 Å². The van der Waals surface area contributed by atoms with E-state index in [0.29, 0.717) is 12.5 Å². The first-order chi connectivity index (χ1) is 6.54. The first-order valence-corrected chi connectivity index (χ1v) is 5.60. The fourth-order valence-electron chi connectivity index (χ4n) is 2.56. The Morgan fingerprint density at radius 3 is 2.07 bits per heavy atom. The lowest BCUT2D eigenvalue weighted by molar-refractivity contribution is -0.120. The molecule has 0 spiro atoms. The van der Waals surface area contributed by atoms with Crippen LogP contribution in [0.4, 0.5) is 0 Å². The van der Waals surface area contributed by atoms with Crippen LogP contribution in [0, 0.1) is 5.41 Å². The van der Waals surface area contributed by atoms with Gasteiger partial charge in [0.15, 0.2) is 0 Å². The lowest BCUT2D eigenvalue weighted by Gasteiger charge is -2.36. The Labute approximate surface area is 93.8 Å². The molecule has 0 aliphatic heterocycles. The molecule has 0 saturated heterocycles. The van der Waals surface area contributed by atoms with Gasteiger partial charge in [-0.1, -0.05) is 27.7 Å². The van der Waals surface area contributed by atoms with Crippen LogP contribution in [0.1, 0.15) is 54.4 Å². The van der Waals surface area contributed by atoms with Gasteiger partial charge in [0.05, 0.1) is 0 Å². The molecule has 0 radical (unpaired) electrons. The van der Waals surface area contributed by atoms with Crippen molar-refractivity contribution in [2.24, 2.45) is 11.1 Å². The molecule has 0 aromatic carbocycles. The Morgan fingerprint density at radius 1 is 1.27 bits per heavy atom. The molecular formula is C12H26N2O. The second kappa shape index (κ2) is 4.97. The molecule has 0 atom stereocenters. The molecule has 0 saturated carbocycles.